The molecule has 1 atom stereocenters. The average Bonchev–Trinajstić information content (AvgIpc) is 2.80. The molecule has 1 aromatic heterocycles. The Labute approximate surface area is 119 Å². The molecule has 2 rings (SSSR count). The molecule has 0 fully saturated rings. The highest BCUT2D eigenvalue weighted by atomic mass is 16.4. The Morgan fingerprint density at radius 3 is 2.67 bits per heavy atom. The number of carbonyl (C=O) groups excluding carboxylic acids is 2. The second-order valence-electron chi connectivity index (χ2n) is 4.69. The zero-order valence-electron chi connectivity index (χ0n) is 11.3. The van der Waals surface area contributed by atoms with Crippen molar-refractivity contribution in [2.24, 2.45) is 5.73 Å². The number of nitrogens with two attached hydrogens (primary N) is 1. The lowest BCUT2D eigenvalue weighted by Crippen LogP contribution is -2.43. The quantitative estimate of drug-likeness (QED) is 0.751. The highest BCUT2D eigenvalue weighted by Gasteiger charge is 2.24. The molecule has 2 aromatic rings. The molecule has 0 radical (unpaired) electrons. The maximum atomic E-state index is 12.0. The summed E-state index contributed by atoms with van der Waals surface area (Å²) in [4.78, 5) is 33.7. The maximum Gasteiger partial charge on any atom is 0.326 e. The molecule has 4 N–H and O–H groups in total. The van der Waals surface area contributed by atoms with Crippen LogP contribution in [0.3, 0.4) is 0 Å². The minimum Gasteiger partial charge on any atom is -0.480 e. The first-order chi connectivity index (χ1) is 9.86. The number of benzene rings is 1. The van der Waals surface area contributed by atoms with Crippen LogP contribution in [0, 0.1) is 6.92 Å². The van der Waals surface area contributed by atoms with Crippen LogP contribution in [0.25, 0.3) is 11.0 Å². The third-order valence-corrected chi connectivity index (χ3v) is 2.90. The number of furan rings is 1. The van der Waals surface area contributed by atoms with Crippen molar-refractivity contribution < 1.29 is 23.9 Å². The molecule has 1 unspecified atom stereocenters. The Kier molecular flexibility index (Phi) is 3.93. The number of carboxylic acids is 1. The zero-order valence-corrected chi connectivity index (χ0v) is 11.3. The topological polar surface area (TPSA) is 123 Å². The fourth-order valence-electron chi connectivity index (χ4n) is 1.91. The fraction of sp³-hybridized carbons (Fsp3) is 0.214. The normalized spacial score (nSPS) is 12.0. The van der Waals surface area contributed by atoms with Gasteiger partial charge in [0.2, 0.25) is 5.91 Å². The van der Waals surface area contributed by atoms with Crippen LogP contribution in [-0.2, 0) is 9.59 Å². The smallest absolute Gasteiger partial charge is 0.326 e. The number of carboxylic acid groups (broad SMARTS) is 1. The van der Waals surface area contributed by atoms with Crippen LogP contribution >= 0.6 is 0 Å². The van der Waals surface area contributed by atoms with Gasteiger partial charge in [-0.2, -0.15) is 0 Å². The van der Waals surface area contributed by atoms with Crippen molar-refractivity contribution in [2.75, 3.05) is 0 Å². The van der Waals surface area contributed by atoms with Gasteiger partial charge < -0.3 is 20.6 Å². The maximum absolute atomic E-state index is 12.0. The first-order valence-corrected chi connectivity index (χ1v) is 6.19. The second-order valence-corrected chi connectivity index (χ2v) is 4.69. The van der Waals surface area contributed by atoms with E-state index in [4.69, 9.17) is 15.3 Å². The summed E-state index contributed by atoms with van der Waals surface area (Å²) < 4.78 is 5.35. The van der Waals surface area contributed by atoms with Crippen molar-refractivity contribution in [3.8, 4) is 0 Å². The van der Waals surface area contributed by atoms with Crippen LogP contribution in [0.15, 0.2) is 28.7 Å². The Balaban J connectivity index is 2.20. The summed E-state index contributed by atoms with van der Waals surface area (Å²) in [6.07, 6.45) is -0.486. The first kappa shape index (κ1) is 14.6. The molecule has 7 heteroatoms. The number of carbonyl (C=O) groups is 3. The molecular formula is C14H14N2O5. The van der Waals surface area contributed by atoms with Crippen molar-refractivity contribution in [1.29, 1.82) is 0 Å². The van der Waals surface area contributed by atoms with Crippen LogP contribution in [-0.4, -0.2) is 28.9 Å². The van der Waals surface area contributed by atoms with Gasteiger partial charge in [-0.3, -0.25) is 9.59 Å². The highest BCUT2D eigenvalue weighted by Crippen LogP contribution is 2.20. The van der Waals surface area contributed by atoms with E-state index < -0.39 is 30.2 Å². The van der Waals surface area contributed by atoms with Gasteiger partial charge in [0, 0.05) is 5.39 Å². The minimum atomic E-state index is -1.38. The number of amides is 2. The van der Waals surface area contributed by atoms with Crippen LogP contribution in [0.4, 0.5) is 0 Å². The third-order valence-electron chi connectivity index (χ3n) is 2.90. The second kappa shape index (κ2) is 5.66. The van der Waals surface area contributed by atoms with Crippen LogP contribution in [0.2, 0.25) is 0 Å². The van der Waals surface area contributed by atoms with E-state index in [1.165, 1.54) is 6.07 Å². The number of nitrogens with one attached hydrogen (secondary N) is 1. The molecule has 21 heavy (non-hydrogen) atoms. The molecule has 110 valence electrons. The average molecular weight is 290 g/mol. The van der Waals surface area contributed by atoms with E-state index in [0.29, 0.717) is 5.58 Å². The molecule has 0 saturated carbocycles. The van der Waals surface area contributed by atoms with Gasteiger partial charge in [0.1, 0.15) is 11.6 Å². The van der Waals surface area contributed by atoms with Crippen molar-refractivity contribution in [3.63, 3.8) is 0 Å². The molecule has 0 aliphatic carbocycles. The number of hydrogen-bond donors (Lipinski definition) is 3. The van der Waals surface area contributed by atoms with Gasteiger partial charge in [-0.05, 0) is 25.1 Å². The lowest BCUT2D eigenvalue weighted by atomic mass is 10.2. The monoisotopic (exact) mass is 290 g/mol. The summed E-state index contributed by atoms with van der Waals surface area (Å²) in [5.41, 5.74) is 6.47. The van der Waals surface area contributed by atoms with Gasteiger partial charge in [-0.15, -0.1) is 0 Å². The number of primary amides is 1. The summed E-state index contributed by atoms with van der Waals surface area (Å²) in [5, 5.41) is 11.9. The largest absolute Gasteiger partial charge is 0.480 e. The summed E-state index contributed by atoms with van der Waals surface area (Å²) in [6, 6.07) is 5.53. The van der Waals surface area contributed by atoms with E-state index in [2.05, 4.69) is 5.32 Å². The van der Waals surface area contributed by atoms with Crippen LogP contribution in [0.1, 0.15) is 22.5 Å². The van der Waals surface area contributed by atoms with Crippen LogP contribution < -0.4 is 11.1 Å². The minimum absolute atomic E-state index is 0.0219. The number of hydrogen-bond acceptors (Lipinski definition) is 4. The standard InChI is InChI=1S/C14H14N2O5/c1-7-2-3-10-8(4-7)5-11(21-10)13(18)16-9(14(19)20)6-12(15)17/h2-5,9H,6H2,1H3,(H2,15,17)(H,16,18)(H,19,20). The molecule has 7 nitrogen and oxygen atoms in total. The predicted molar refractivity (Wildman–Crippen MR) is 73.7 cm³/mol. The van der Waals surface area contributed by atoms with E-state index in [9.17, 15) is 14.4 Å². The van der Waals surface area contributed by atoms with E-state index in [1.807, 2.05) is 19.1 Å². The Hall–Kier alpha value is -2.83. The number of aryl methyl sites for hydroxylation is 1. The predicted octanol–water partition coefficient (Wildman–Crippen LogP) is 0.800. The molecule has 1 heterocycles. The van der Waals surface area contributed by atoms with E-state index in [1.54, 1.807) is 6.07 Å². The molecule has 0 spiro atoms. The summed E-state index contributed by atoms with van der Waals surface area (Å²) in [7, 11) is 0. The van der Waals surface area contributed by atoms with Crippen LogP contribution in [0.5, 0.6) is 0 Å². The van der Waals surface area contributed by atoms with Gasteiger partial charge in [0.15, 0.2) is 5.76 Å². The van der Waals surface area contributed by atoms with Gasteiger partial charge in [0.25, 0.3) is 5.91 Å². The number of fused-ring (bicyclic) bond motifs is 1. The Morgan fingerprint density at radius 2 is 2.05 bits per heavy atom. The molecule has 0 saturated heterocycles. The Morgan fingerprint density at radius 1 is 1.33 bits per heavy atom. The van der Waals surface area contributed by atoms with E-state index in [-0.39, 0.29) is 5.76 Å². The summed E-state index contributed by atoms with van der Waals surface area (Å²) in [5.74, 6) is -2.89. The van der Waals surface area contributed by atoms with Gasteiger partial charge >= 0.3 is 5.97 Å². The van der Waals surface area contributed by atoms with E-state index in [0.717, 1.165) is 10.9 Å². The van der Waals surface area contributed by atoms with Gasteiger partial charge in [0.05, 0.1) is 6.42 Å². The molecule has 0 bridgehead atoms. The van der Waals surface area contributed by atoms with E-state index >= 15 is 0 Å². The SMILES string of the molecule is Cc1ccc2oc(C(=O)NC(CC(N)=O)C(=O)O)cc2c1. The molecular weight excluding hydrogens is 276 g/mol. The molecule has 0 aliphatic rings. The lowest BCUT2D eigenvalue weighted by Gasteiger charge is -2.11. The number of rotatable bonds is 5. The van der Waals surface area contributed by atoms with Crippen molar-refractivity contribution in [1.82, 2.24) is 5.32 Å². The summed E-state index contributed by atoms with van der Waals surface area (Å²) >= 11 is 0. The third kappa shape index (κ3) is 3.38. The molecule has 1 aromatic carbocycles. The van der Waals surface area contributed by atoms with Crippen molar-refractivity contribution >= 4 is 28.8 Å². The van der Waals surface area contributed by atoms with Crippen molar-refractivity contribution in [2.45, 2.75) is 19.4 Å². The first-order valence-electron chi connectivity index (χ1n) is 6.19. The highest BCUT2D eigenvalue weighted by molar-refractivity contribution is 5.98. The number of aliphatic carboxylic acids is 1. The zero-order chi connectivity index (χ0) is 15.6. The fourth-order valence-corrected chi connectivity index (χ4v) is 1.91. The molecule has 2 amide bonds. The summed E-state index contributed by atoms with van der Waals surface area (Å²) in [6.45, 7) is 1.90. The Bertz CT molecular complexity index is 719. The van der Waals surface area contributed by atoms with Crippen molar-refractivity contribution in [3.05, 3.63) is 35.6 Å². The lowest BCUT2D eigenvalue weighted by molar-refractivity contribution is -0.140. The van der Waals surface area contributed by atoms with Gasteiger partial charge in [-0.25, -0.2) is 4.79 Å². The van der Waals surface area contributed by atoms with Gasteiger partial charge in [-0.1, -0.05) is 11.6 Å². The molecule has 0 aliphatic heterocycles.